The smallest absolute Gasteiger partial charge is 0.123 e. The summed E-state index contributed by atoms with van der Waals surface area (Å²) in [5.41, 5.74) is 0.940. The van der Waals surface area contributed by atoms with Gasteiger partial charge < -0.3 is 0 Å². The van der Waals surface area contributed by atoms with Gasteiger partial charge in [0.15, 0.2) is 0 Å². The third-order valence-corrected chi connectivity index (χ3v) is 1.15. The molecule has 0 unspecified atom stereocenters. The summed E-state index contributed by atoms with van der Waals surface area (Å²) in [6.45, 7) is 5.54. The summed E-state index contributed by atoms with van der Waals surface area (Å²) >= 11 is 0. The van der Waals surface area contributed by atoms with Crippen LogP contribution in [-0.4, -0.2) is 0 Å². The van der Waals surface area contributed by atoms with Crippen LogP contribution in [0.1, 0.15) is 20.8 Å². The molecule has 56 valence electrons. The van der Waals surface area contributed by atoms with Crippen LogP contribution in [0.25, 0.3) is 0 Å². The summed E-state index contributed by atoms with van der Waals surface area (Å²) in [7, 11) is 0. The van der Waals surface area contributed by atoms with E-state index in [9.17, 15) is 4.39 Å². The van der Waals surface area contributed by atoms with Crippen molar-refractivity contribution in [2.75, 3.05) is 0 Å². The molecule has 0 aliphatic carbocycles. The Morgan fingerprint density at radius 2 is 1.90 bits per heavy atom. The predicted octanol–water partition coefficient (Wildman–Crippen LogP) is 3.38. The molecule has 0 radical (unpaired) electrons. The van der Waals surface area contributed by atoms with Gasteiger partial charge in [-0.15, -0.1) is 0 Å². The molecule has 0 N–H and O–H groups in total. The molecule has 0 bridgehead atoms. The van der Waals surface area contributed by atoms with Crippen molar-refractivity contribution in [3.8, 4) is 0 Å². The summed E-state index contributed by atoms with van der Waals surface area (Å²) in [5.74, 6) is -0.196. The van der Waals surface area contributed by atoms with Gasteiger partial charge >= 0.3 is 0 Å². The quantitative estimate of drug-likeness (QED) is 0.516. The molecular weight excluding hydrogens is 127 g/mol. The molecule has 0 saturated carbocycles. The van der Waals surface area contributed by atoms with E-state index in [1.165, 1.54) is 12.2 Å². The number of allylic oxidation sites excluding steroid dienone is 6. The second kappa shape index (κ2) is 4.98. The maximum Gasteiger partial charge on any atom is 0.123 e. The van der Waals surface area contributed by atoms with Gasteiger partial charge in [0.05, 0.1) is 0 Å². The van der Waals surface area contributed by atoms with Crippen molar-refractivity contribution in [3.63, 3.8) is 0 Å². The van der Waals surface area contributed by atoms with Gasteiger partial charge in [0.25, 0.3) is 0 Å². The molecule has 1 heteroatoms. The largest absolute Gasteiger partial charge is 0.207 e. The van der Waals surface area contributed by atoms with Gasteiger partial charge in [-0.2, -0.15) is 0 Å². The summed E-state index contributed by atoms with van der Waals surface area (Å²) < 4.78 is 12.6. The molecule has 0 rings (SSSR count). The molecule has 0 heterocycles. The highest BCUT2D eigenvalue weighted by atomic mass is 19.1. The first-order chi connectivity index (χ1) is 4.70. The van der Waals surface area contributed by atoms with Crippen molar-refractivity contribution in [2.24, 2.45) is 0 Å². The average molecular weight is 140 g/mol. The van der Waals surface area contributed by atoms with Crippen molar-refractivity contribution in [1.29, 1.82) is 0 Å². The highest BCUT2D eigenvalue weighted by molar-refractivity contribution is 5.23. The fourth-order valence-electron chi connectivity index (χ4n) is 0.508. The average Bonchev–Trinajstić information content (AvgIpc) is 1.88. The van der Waals surface area contributed by atoms with Gasteiger partial charge in [-0.05, 0) is 32.9 Å². The lowest BCUT2D eigenvalue weighted by Crippen LogP contribution is -1.68. The zero-order valence-corrected chi connectivity index (χ0v) is 6.69. The first kappa shape index (κ1) is 9.15. The molecule has 0 saturated heterocycles. The monoisotopic (exact) mass is 140 g/mol. The number of hydrogen-bond acceptors (Lipinski definition) is 0. The molecule has 0 spiro atoms. The Balaban J connectivity index is 4.16. The molecule has 0 nitrogen and oxygen atoms in total. The van der Waals surface area contributed by atoms with E-state index in [0.29, 0.717) is 0 Å². The van der Waals surface area contributed by atoms with Crippen LogP contribution in [0.5, 0.6) is 0 Å². The van der Waals surface area contributed by atoms with E-state index in [1.54, 1.807) is 13.0 Å². The Hall–Kier alpha value is -0.850. The lowest BCUT2D eigenvalue weighted by atomic mass is 10.2. The maximum atomic E-state index is 12.6. The minimum atomic E-state index is -0.196. The summed E-state index contributed by atoms with van der Waals surface area (Å²) in [6.07, 6.45) is 6.48. The predicted molar refractivity (Wildman–Crippen MR) is 43.4 cm³/mol. The lowest BCUT2D eigenvalue weighted by molar-refractivity contribution is 0.665. The van der Waals surface area contributed by atoms with Gasteiger partial charge in [0, 0.05) is 0 Å². The van der Waals surface area contributed by atoms with Gasteiger partial charge in [0.1, 0.15) is 5.83 Å². The van der Waals surface area contributed by atoms with Crippen LogP contribution in [0, 0.1) is 0 Å². The highest BCUT2D eigenvalue weighted by Gasteiger charge is 1.85. The first-order valence-corrected chi connectivity index (χ1v) is 3.33. The van der Waals surface area contributed by atoms with Gasteiger partial charge in [-0.3, -0.25) is 0 Å². The summed E-state index contributed by atoms with van der Waals surface area (Å²) in [5, 5.41) is 0. The maximum absolute atomic E-state index is 12.6. The van der Waals surface area contributed by atoms with E-state index >= 15 is 0 Å². The van der Waals surface area contributed by atoms with Crippen molar-refractivity contribution in [1.82, 2.24) is 0 Å². The summed E-state index contributed by atoms with van der Waals surface area (Å²) in [4.78, 5) is 0. The van der Waals surface area contributed by atoms with E-state index in [-0.39, 0.29) is 5.83 Å². The molecule has 10 heavy (non-hydrogen) atoms. The standard InChI is InChI=1S/C9H13F/c1-4-6-9(10)7-8(3)5-2/h4-7H,1-3H3/b6-4-,8-5-,9-7+. The van der Waals surface area contributed by atoms with Crippen LogP contribution in [0.4, 0.5) is 4.39 Å². The second-order valence-electron chi connectivity index (χ2n) is 2.06. The van der Waals surface area contributed by atoms with Gasteiger partial charge in [-0.25, -0.2) is 4.39 Å². The molecule has 0 aliphatic rings. The Bertz CT molecular complexity index is 173. The molecule has 0 atom stereocenters. The molecule has 0 amide bonds. The van der Waals surface area contributed by atoms with Crippen molar-refractivity contribution >= 4 is 0 Å². The Morgan fingerprint density at radius 3 is 2.30 bits per heavy atom. The van der Waals surface area contributed by atoms with E-state index in [1.807, 2.05) is 19.9 Å². The van der Waals surface area contributed by atoms with Gasteiger partial charge in [0.2, 0.25) is 0 Å². The molecular formula is C9H13F. The van der Waals surface area contributed by atoms with Crippen LogP contribution in [0.3, 0.4) is 0 Å². The summed E-state index contributed by atoms with van der Waals surface area (Å²) in [6, 6.07) is 0. The highest BCUT2D eigenvalue weighted by Crippen LogP contribution is 2.04. The van der Waals surface area contributed by atoms with Crippen LogP contribution >= 0.6 is 0 Å². The third-order valence-electron chi connectivity index (χ3n) is 1.15. The number of hydrogen-bond donors (Lipinski definition) is 0. The molecule has 0 aromatic heterocycles. The third kappa shape index (κ3) is 4.07. The lowest BCUT2D eigenvalue weighted by Gasteiger charge is -1.87. The van der Waals surface area contributed by atoms with Crippen LogP contribution < -0.4 is 0 Å². The van der Waals surface area contributed by atoms with E-state index in [0.717, 1.165) is 5.57 Å². The van der Waals surface area contributed by atoms with Crippen LogP contribution in [0.2, 0.25) is 0 Å². The topological polar surface area (TPSA) is 0 Å². The van der Waals surface area contributed by atoms with Gasteiger partial charge in [-0.1, -0.05) is 17.7 Å². The second-order valence-corrected chi connectivity index (χ2v) is 2.06. The number of halogens is 1. The van der Waals surface area contributed by atoms with Crippen molar-refractivity contribution in [3.05, 3.63) is 35.7 Å². The van der Waals surface area contributed by atoms with Crippen molar-refractivity contribution < 1.29 is 4.39 Å². The first-order valence-electron chi connectivity index (χ1n) is 3.33. The molecule has 0 aromatic carbocycles. The van der Waals surface area contributed by atoms with Crippen molar-refractivity contribution in [2.45, 2.75) is 20.8 Å². The fourth-order valence-corrected chi connectivity index (χ4v) is 0.508. The fraction of sp³-hybridized carbons (Fsp3) is 0.333. The van der Waals surface area contributed by atoms with E-state index < -0.39 is 0 Å². The molecule has 0 fully saturated rings. The minimum Gasteiger partial charge on any atom is -0.207 e. The van der Waals surface area contributed by atoms with Crippen LogP contribution in [0.15, 0.2) is 35.7 Å². The molecule has 0 aliphatic heterocycles. The Labute approximate surface area is 61.8 Å². The molecule has 0 aromatic rings. The zero-order chi connectivity index (χ0) is 7.98. The van der Waals surface area contributed by atoms with E-state index in [4.69, 9.17) is 0 Å². The normalized spacial score (nSPS) is 14.8. The number of rotatable bonds is 2. The Kier molecular flexibility index (Phi) is 4.55. The zero-order valence-electron chi connectivity index (χ0n) is 6.69. The Morgan fingerprint density at radius 1 is 1.30 bits per heavy atom. The van der Waals surface area contributed by atoms with Crippen LogP contribution in [-0.2, 0) is 0 Å². The van der Waals surface area contributed by atoms with E-state index in [2.05, 4.69) is 0 Å². The SMILES string of the molecule is C\C=C/C(F)=C\C(C)=C/C. The minimum absolute atomic E-state index is 0.196.